The van der Waals surface area contributed by atoms with Crippen LogP contribution in [0.5, 0.6) is 0 Å². The molecule has 0 spiro atoms. The number of benzene rings is 1. The zero-order valence-electron chi connectivity index (χ0n) is 12.7. The Bertz CT molecular complexity index is 494. The molecule has 0 N–H and O–H groups in total. The molecule has 0 nitrogen and oxygen atoms in total. The van der Waals surface area contributed by atoms with Crippen LogP contribution in [0.15, 0.2) is 41.5 Å². The van der Waals surface area contributed by atoms with Crippen molar-refractivity contribution in [3.05, 3.63) is 41.5 Å². The van der Waals surface area contributed by atoms with Gasteiger partial charge in [-0.05, 0) is 37.0 Å². The van der Waals surface area contributed by atoms with Crippen molar-refractivity contribution in [2.45, 2.75) is 59.0 Å². The highest BCUT2D eigenvalue weighted by atomic mass is 31.1. The van der Waals surface area contributed by atoms with Crippen molar-refractivity contribution in [2.24, 2.45) is 0 Å². The van der Waals surface area contributed by atoms with E-state index < -0.39 is 0 Å². The summed E-state index contributed by atoms with van der Waals surface area (Å²) in [7, 11) is -0.115. The van der Waals surface area contributed by atoms with E-state index in [0.29, 0.717) is 0 Å². The number of hydrogen-bond donors (Lipinski definition) is 0. The SMILES string of the molecule is CCC1=C(CC)C(CC)[P+](c2ccccc2)=C1CC. The first kappa shape index (κ1) is 14.5. The van der Waals surface area contributed by atoms with Crippen LogP contribution in [0.1, 0.15) is 53.4 Å². The van der Waals surface area contributed by atoms with Gasteiger partial charge in [-0.15, -0.1) is 0 Å². The minimum absolute atomic E-state index is 0.115. The zero-order chi connectivity index (χ0) is 13.8. The van der Waals surface area contributed by atoms with Gasteiger partial charge in [0.25, 0.3) is 0 Å². The molecule has 0 bridgehead atoms. The Labute approximate surface area is 119 Å². The van der Waals surface area contributed by atoms with Crippen LogP contribution in [0, 0.1) is 0 Å². The van der Waals surface area contributed by atoms with E-state index in [2.05, 4.69) is 58.0 Å². The molecule has 0 aliphatic carbocycles. The third-order valence-corrected chi connectivity index (χ3v) is 7.55. The standard InChI is InChI=1S/C18H26P/c1-5-15-16(6-2)18(8-4)19(17(15)7-3)14-12-10-9-11-13-14/h9-13,17H,5-8H2,1-4H3/q+1. The van der Waals surface area contributed by atoms with Crippen molar-refractivity contribution in [3.8, 4) is 0 Å². The molecule has 1 aromatic rings. The third kappa shape index (κ3) is 2.56. The minimum Gasteiger partial charge on any atom is -0.0619 e. The minimum atomic E-state index is -0.115. The molecule has 1 heteroatoms. The third-order valence-electron chi connectivity index (χ3n) is 4.23. The molecule has 0 fully saturated rings. The number of hydrogen-bond acceptors (Lipinski definition) is 0. The summed E-state index contributed by atoms with van der Waals surface area (Å²) in [6.45, 7) is 9.38. The van der Waals surface area contributed by atoms with Gasteiger partial charge in [-0.2, -0.15) is 0 Å². The lowest BCUT2D eigenvalue weighted by atomic mass is 9.96. The highest BCUT2D eigenvalue weighted by Gasteiger charge is 2.40. The van der Waals surface area contributed by atoms with Gasteiger partial charge < -0.3 is 0 Å². The highest BCUT2D eigenvalue weighted by Crippen LogP contribution is 2.48. The van der Waals surface area contributed by atoms with E-state index in [-0.39, 0.29) is 7.55 Å². The second kappa shape index (κ2) is 6.53. The summed E-state index contributed by atoms with van der Waals surface area (Å²) in [6, 6.07) is 11.2. The summed E-state index contributed by atoms with van der Waals surface area (Å²) in [4.78, 5) is 0. The summed E-state index contributed by atoms with van der Waals surface area (Å²) < 4.78 is 0. The normalized spacial score (nSPS) is 21.4. The van der Waals surface area contributed by atoms with Crippen molar-refractivity contribution < 1.29 is 0 Å². The molecule has 1 aliphatic rings. The monoisotopic (exact) mass is 273 g/mol. The smallest absolute Gasteiger partial charge is 0.0619 e. The van der Waals surface area contributed by atoms with Crippen LogP contribution in [-0.2, 0) is 0 Å². The highest BCUT2D eigenvalue weighted by molar-refractivity contribution is 7.68. The molecule has 1 aliphatic heterocycles. The molecule has 19 heavy (non-hydrogen) atoms. The predicted octanol–water partition coefficient (Wildman–Crippen LogP) is 5.29. The van der Waals surface area contributed by atoms with Crippen molar-refractivity contribution in [2.75, 3.05) is 0 Å². The first-order chi connectivity index (χ1) is 9.28. The average Bonchev–Trinajstić information content (AvgIpc) is 2.80. The average molecular weight is 273 g/mol. The molecule has 0 radical (unpaired) electrons. The van der Waals surface area contributed by atoms with Crippen molar-refractivity contribution in [3.63, 3.8) is 0 Å². The van der Waals surface area contributed by atoms with Gasteiger partial charge in [0.1, 0.15) is 23.8 Å². The first-order valence-corrected chi connectivity index (χ1v) is 9.11. The van der Waals surface area contributed by atoms with Crippen LogP contribution in [0.4, 0.5) is 0 Å². The van der Waals surface area contributed by atoms with Gasteiger partial charge in [-0.3, -0.25) is 0 Å². The topological polar surface area (TPSA) is 0 Å². The summed E-state index contributed by atoms with van der Waals surface area (Å²) >= 11 is 0. The fourth-order valence-corrected chi connectivity index (χ4v) is 6.98. The maximum absolute atomic E-state index is 2.37. The Morgan fingerprint density at radius 2 is 1.58 bits per heavy atom. The quantitative estimate of drug-likeness (QED) is 0.640. The van der Waals surface area contributed by atoms with E-state index in [1.807, 2.05) is 0 Å². The Morgan fingerprint density at radius 3 is 2.05 bits per heavy atom. The molecule has 0 amide bonds. The van der Waals surface area contributed by atoms with Gasteiger partial charge in [0.05, 0.1) is 0 Å². The van der Waals surface area contributed by atoms with Crippen molar-refractivity contribution in [1.82, 2.24) is 0 Å². The second-order valence-corrected chi connectivity index (χ2v) is 7.56. The molecular weight excluding hydrogens is 247 g/mol. The molecule has 2 unspecified atom stereocenters. The summed E-state index contributed by atoms with van der Waals surface area (Å²) in [5.74, 6) is 0. The number of allylic oxidation sites excluding steroid dienone is 2. The van der Waals surface area contributed by atoms with Crippen LogP contribution in [-0.4, -0.2) is 11.0 Å². The Kier molecular flexibility index (Phi) is 4.99. The Morgan fingerprint density at radius 1 is 0.895 bits per heavy atom. The van der Waals surface area contributed by atoms with E-state index in [1.165, 1.54) is 25.7 Å². The van der Waals surface area contributed by atoms with Gasteiger partial charge in [0.2, 0.25) is 0 Å². The maximum atomic E-state index is 2.37. The van der Waals surface area contributed by atoms with E-state index >= 15 is 0 Å². The van der Waals surface area contributed by atoms with E-state index in [1.54, 1.807) is 21.7 Å². The lowest BCUT2D eigenvalue weighted by Gasteiger charge is -2.08. The Balaban J connectivity index is 2.57. The van der Waals surface area contributed by atoms with E-state index in [9.17, 15) is 0 Å². The van der Waals surface area contributed by atoms with Gasteiger partial charge in [-0.1, -0.05) is 45.9 Å². The summed E-state index contributed by atoms with van der Waals surface area (Å²) in [5.41, 5.74) is 4.27. The zero-order valence-corrected chi connectivity index (χ0v) is 13.6. The molecule has 0 aromatic heterocycles. The fraction of sp³-hybridized carbons (Fsp3) is 0.500. The van der Waals surface area contributed by atoms with Gasteiger partial charge in [-0.25, -0.2) is 0 Å². The van der Waals surface area contributed by atoms with Crippen LogP contribution in [0.25, 0.3) is 0 Å². The number of rotatable bonds is 5. The van der Waals surface area contributed by atoms with Crippen molar-refractivity contribution >= 4 is 18.1 Å². The first-order valence-electron chi connectivity index (χ1n) is 7.70. The largest absolute Gasteiger partial charge is 0.149 e. The molecule has 0 saturated carbocycles. The molecule has 2 rings (SSSR count). The lowest BCUT2D eigenvalue weighted by Crippen LogP contribution is -2.09. The van der Waals surface area contributed by atoms with Crippen LogP contribution in [0.2, 0.25) is 0 Å². The maximum Gasteiger partial charge on any atom is 0.149 e. The summed E-state index contributed by atoms with van der Waals surface area (Å²) in [5, 5.41) is 3.35. The lowest BCUT2D eigenvalue weighted by molar-refractivity contribution is 0.860. The predicted molar refractivity (Wildman–Crippen MR) is 90.0 cm³/mol. The van der Waals surface area contributed by atoms with Gasteiger partial charge in [0, 0.05) is 12.0 Å². The fourth-order valence-electron chi connectivity index (χ4n) is 3.49. The molecule has 1 heterocycles. The van der Waals surface area contributed by atoms with Crippen LogP contribution >= 0.6 is 7.55 Å². The summed E-state index contributed by atoms with van der Waals surface area (Å²) in [6.07, 6.45) is 4.96. The molecule has 2 atom stereocenters. The van der Waals surface area contributed by atoms with E-state index in [4.69, 9.17) is 0 Å². The van der Waals surface area contributed by atoms with E-state index in [0.717, 1.165) is 5.66 Å². The molecular formula is C18H26P+. The molecule has 0 saturated heterocycles. The van der Waals surface area contributed by atoms with Crippen LogP contribution < -0.4 is 5.30 Å². The van der Waals surface area contributed by atoms with Crippen molar-refractivity contribution in [1.29, 1.82) is 0 Å². The Hall–Kier alpha value is -0.870. The van der Waals surface area contributed by atoms with Gasteiger partial charge in [0.15, 0.2) is 0 Å². The second-order valence-electron chi connectivity index (χ2n) is 5.14. The molecule has 102 valence electrons. The van der Waals surface area contributed by atoms with Gasteiger partial charge >= 0.3 is 0 Å². The molecule has 1 aromatic carbocycles. The van der Waals surface area contributed by atoms with Crippen LogP contribution in [0.3, 0.4) is 0 Å².